The Morgan fingerprint density at radius 3 is 2.80 bits per heavy atom. The molecule has 1 atom stereocenters. The number of nitrogens with zero attached hydrogens (tertiary/aromatic N) is 3. The molecule has 0 bridgehead atoms. The summed E-state index contributed by atoms with van der Waals surface area (Å²) in [6.07, 6.45) is 3.19. The molecule has 0 fully saturated rings. The highest BCUT2D eigenvalue weighted by Crippen LogP contribution is 2.42. The zero-order valence-corrected chi connectivity index (χ0v) is 21.2. The molecule has 2 aliphatic rings. The first-order valence-electron chi connectivity index (χ1n) is 10.8. The van der Waals surface area contributed by atoms with E-state index in [1.807, 2.05) is 29.6 Å². The monoisotopic (exact) mass is 565 g/mol. The van der Waals surface area contributed by atoms with Gasteiger partial charge in [-0.2, -0.15) is 0 Å². The normalized spacial score (nSPS) is 16.9. The van der Waals surface area contributed by atoms with Crippen molar-refractivity contribution >= 4 is 56.1 Å². The maximum absolute atomic E-state index is 13.7. The molecule has 7 nitrogen and oxygen atoms in total. The standard InChI is InChI=1S/C25H16BrN3O4S2/c26-15-10-14(23(30)18(12-15)29(32)33)11-20-24(31)28-22(19-6-3-9-34-19)17-8-7-13-4-1-2-5-16(13)21(17)27-25(28)35-20/h1-6,9-12,22,30H,7-8H2/b20-11+/t22-/m1/s1. The number of aryl methyl sites for hydroxylation is 1. The summed E-state index contributed by atoms with van der Waals surface area (Å²) < 4.78 is 2.50. The van der Waals surface area contributed by atoms with Crippen LogP contribution in [0.1, 0.15) is 34.0 Å². The Kier molecular flexibility index (Phi) is 5.32. The van der Waals surface area contributed by atoms with Gasteiger partial charge in [-0.05, 0) is 47.6 Å². The smallest absolute Gasteiger partial charge is 0.312 e. The Hall–Kier alpha value is -3.34. The Morgan fingerprint density at radius 2 is 2.03 bits per heavy atom. The minimum absolute atomic E-state index is 0.193. The van der Waals surface area contributed by atoms with E-state index in [1.54, 1.807) is 22.0 Å². The number of phenolic OH excluding ortho intramolecular Hbond substituents is 1. The third-order valence-corrected chi connectivity index (χ3v) is 8.62. The number of aromatic hydroxyl groups is 1. The van der Waals surface area contributed by atoms with E-state index in [2.05, 4.69) is 28.1 Å². The van der Waals surface area contributed by atoms with Crippen LogP contribution >= 0.6 is 38.6 Å². The first-order valence-corrected chi connectivity index (χ1v) is 13.2. The van der Waals surface area contributed by atoms with E-state index < -0.39 is 16.4 Å². The minimum Gasteiger partial charge on any atom is -0.502 e. The van der Waals surface area contributed by atoms with Crippen molar-refractivity contribution in [2.75, 3.05) is 0 Å². The third-order valence-electron chi connectivity index (χ3n) is 6.25. The fourth-order valence-corrected chi connectivity index (χ4v) is 7.02. The topological polar surface area (TPSA) is 97.7 Å². The molecule has 0 radical (unpaired) electrons. The Labute approximate surface area is 214 Å². The van der Waals surface area contributed by atoms with Gasteiger partial charge in [0, 0.05) is 26.5 Å². The first kappa shape index (κ1) is 22.1. The summed E-state index contributed by atoms with van der Waals surface area (Å²) in [6, 6.07) is 14.8. The van der Waals surface area contributed by atoms with E-state index >= 15 is 0 Å². The molecule has 174 valence electrons. The SMILES string of the molecule is O=c1/c(=C\c2cc(Br)cc([N+](=O)[O-])c2O)sc2n1[C@@H](c1cccs1)C1=C(N=2)c2ccccc2CC1. The van der Waals surface area contributed by atoms with E-state index in [4.69, 9.17) is 4.99 Å². The largest absolute Gasteiger partial charge is 0.502 e. The summed E-state index contributed by atoms with van der Waals surface area (Å²) >= 11 is 6.08. The van der Waals surface area contributed by atoms with Gasteiger partial charge in [0.1, 0.15) is 0 Å². The van der Waals surface area contributed by atoms with Crippen molar-refractivity contribution in [2.45, 2.75) is 18.9 Å². The lowest BCUT2D eigenvalue weighted by Crippen LogP contribution is -2.38. The van der Waals surface area contributed by atoms with Crippen LogP contribution in [0.5, 0.6) is 5.75 Å². The molecule has 6 rings (SSSR count). The van der Waals surface area contributed by atoms with Gasteiger partial charge in [-0.1, -0.05) is 57.6 Å². The molecule has 0 unspecified atom stereocenters. The number of thiophene rings is 1. The van der Waals surface area contributed by atoms with Crippen LogP contribution in [0, 0.1) is 10.1 Å². The molecule has 2 aromatic heterocycles. The summed E-state index contributed by atoms with van der Waals surface area (Å²) in [5.74, 6) is -0.480. The number of thiazole rings is 1. The van der Waals surface area contributed by atoms with E-state index in [0.717, 1.165) is 34.6 Å². The Morgan fingerprint density at radius 1 is 1.20 bits per heavy atom. The fraction of sp³-hybridized carbons (Fsp3) is 0.120. The predicted molar refractivity (Wildman–Crippen MR) is 140 cm³/mol. The quantitative estimate of drug-likeness (QED) is 0.286. The number of allylic oxidation sites excluding steroid dienone is 1. The molecule has 1 aliphatic carbocycles. The summed E-state index contributed by atoms with van der Waals surface area (Å²) in [4.78, 5) is 31.0. The predicted octanol–water partition coefficient (Wildman–Crippen LogP) is 4.76. The molecule has 1 N–H and O–H groups in total. The molecular formula is C25H16BrN3O4S2. The van der Waals surface area contributed by atoms with Gasteiger partial charge in [-0.15, -0.1) is 11.3 Å². The number of fused-ring (bicyclic) bond motifs is 3. The van der Waals surface area contributed by atoms with Gasteiger partial charge in [-0.3, -0.25) is 19.5 Å². The summed E-state index contributed by atoms with van der Waals surface area (Å²) in [5.41, 5.74) is 3.89. The number of rotatable bonds is 3. The van der Waals surface area contributed by atoms with E-state index in [-0.39, 0.29) is 17.2 Å². The van der Waals surface area contributed by atoms with Gasteiger partial charge in [-0.25, -0.2) is 4.99 Å². The number of hydrogen-bond donors (Lipinski definition) is 1. The number of phenols is 1. The van der Waals surface area contributed by atoms with Crippen molar-refractivity contribution in [2.24, 2.45) is 4.99 Å². The second-order valence-corrected chi connectivity index (χ2v) is 11.2. The molecule has 0 amide bonds. The van der Waals surface area contributed by atoms with Crippen molar-refractivity contribution in [3.8, 4) is 5.75 Å². The zero-order valence-electron chi connectivity index (χ0n) is 18.0. The van der Waals surface area contributed by atoms with E-state index in [1.165, 1.54) is 29.0 Å². The van der Waals surface area contributed by atoms with Crippen LogP contribution in [-0.4, -0.2) is 14.6 Å². The van der Waals surface area contributed by atoms with Crippen molar-refractivity contribution in [3.63, 3.8) is 0 Å². The maximum atomic E-state index is 13.7. The van der Waals surface area contributed by atoms with Crippen LogP contribution in [0.2, 0.25) is 0 Å². The van der Waals surface area contributed by atoms with E-state index in [9.17, 15) is 20.0 Å². The molecule has 2 aromatic carbocycles. The molecule has 3 heterocycles. The highest BCUT2D eigenvalue weighted by Gasteiger charge is 2.33. The van der Waals surface area contributed by atoms with Gasteiger partial charge in [0.15, 0.2) is 4.80 Å². The molecule has 35 heavy (non-hydrogen) atoms. The third kappa shape index (κ3) is 3.60. The van der Waals surface area contributed by atoms with Gasteiger partial charge < -0.3 is 5.11 Å². The molecule has 0 saturated carbocycles. The summed E-state index contributed by atoms with van der Waals surface area (Å²) in [5, 5.41) is 23.8. The number of hydrogen-bond acceptors (Lipinski definition) is 7. The van der Waals surface area contributed by atoms with Crippen molar-refractivity contribution in [1.82, 2.24) is 4.57 Å². The zero-order chi connectivity index (χ0) is 24.3. The average molecular weight is 566 g/mol. The fourth-order valence-electron chi connectivity index (χ4n) is 4.71. The number of nitro benzene ring substituents is 1. The minimum atomic E-state index is -0.651. The number of aromatic nitrogens is 1. The van der Waals surface area contributed by atoms with Crippen LogP contribution < -0.4 is 14.9 Å². The molecule has 1 aliphatic heterocycles. The van der Waals surface area contributed by atoms with Crippen LogP contribution in [-0.2, 0) is 6.42 Å². The number of nitro groups is 1. The number of benzene rings is 2. The van der Waals surface area contributed by atoms with Crippen LogP contribution in [0.15, 0.2) is 73.7 Å². The van der Waals surface area contributed by atoms with Crippen molar-refractivity contribution in [3.05, 3.63) is 115 Å². The molecule has 0 saturated heterocycles. The van der Waals surface area contributed by atoms with Gasteiger partial charge in [0.25, 0.3) is 5.56 Å². The molecular weight excluding hydrogens is 550 g/mol. The van der Waals surface area contributed by atoms with Crippen molar-refractivity contribution < 1.29 is 10.0 Å². The van der Waals surface area contributed by atoms with Crippen LogP contribution in [0.4, 0.5) is 5.69 Å². The Balaban J connectivity index is 1.62. The molecule has 10 heteroatoms. The van der Waals surface area contributed by atoms with Gasteiger partial charge >= 0.3 is 5.69 Å². The van der Waals surface area contributed by atoms with Crippen LogP contribution in [0.25, 0.3) is 11.8 Å². The lowest BCUT2D eigenvalue weighted by Gasteiger charge is -2.30. The first-order chi connectivity index (χ1) is 16.9. The highest BCUT2D eigenvalue weighted by atomic mass is 79.9. The summed E-state index contributed by atoms with van der Waals surface area (Å²) in [6.45, 7) is 0. The van der Waals surface area contributed by atoms with Crippen LogP contribution in [0.3, 0.4) is 0 Å². The lowest BCUT2D eigenvalue weighted by molar-refractivity contribution is -0.385. The molecule has 0 spiro atoms. The van der Waals surface area contributed by atoms with Gasteiger partial charge in [0.05, 0.1) is 21.2 Å². The Bertz CT molecular complexity index is 1740. The maximum Gasteiger partial charge on any atom is 0.312 e. The van der Waals surface area contributed by atoms with Crippen molar-refractivity contribution in [1.29, 1.82) is 0 Å². The lowest BCUT2D eigenvalue weighted by atomic mass is 9.85. The summed E-state index contributed by atoms with van der Waals surface area (Å²) in [7, 11) is 0. The van der Waals surface area contributed by atoms with Gasteiger partial charge in [0.2, 0.25) is 5.75 Å². The van der Waals surface area contributed by atoms with E-state index in [0.29, 0.717) is 13.8 Å². The molecule has 4 aromatic rings. The highest BCUT2D eigenvalue weighted by molar-refractivity contribution is 9.10. The average Bonchev–Trinajstić information content (AvgIpc) is 3.48. The second-order valence-electron chi connectivity index (χ2n) is 8.25. The second kappa shape index (κ2) is 8.40. The number of halogens is 1.